The van der Waals surface area contributed by atoms with Crippen molar-refractivity contribution in [1.29, 1.82) is 0 Å². The Morgan fingerprint density at radius 2 is 0.657 bits per heavy atom. The molecule has 1 N–H and O–H groups in total. The normalized spacial score (nSPS) is 12.2. The lowest BCUT2D eigenvalue weighted by Gasteiger charge is -2.14. The Kier molecular flexibility index (Phi) is 38.9. The van der Waals surface area contributed by atoms with E-state index in [2.05, 4.69) is 36.5 Å². The highest BCUT2D eigenvalue weighted by molar-refractivity contribution is 5.79. The number of carbonyl (C=O) groups is 1. The van der Waals surface area contributed by atoms with Gasteiger partial charge < -0.3 is 57.4 Å². The van der Waals surface area contributed by atoms with Crippen LogP contribution in [-0.2, 0) is 52.1 Å². The van der Waals surface area contributed by atoms with Gasteiger partial charge in [0.15, 0.2) is 0 Å². The van der Waals surface area contributed by atoms with Crippen molar-refractivity contribution in [2.24, 2.45) is 0 Å². The first-order valence-electron chi connectivity index (χ1n) is 26.2. The van der Waals surface area contributed by atoms with Crippen LogP contribution in [-0.4, -0.2) is 151 Å². The predicted molar refractivity (Wildman–Crippen MR) is 265 cm³/mol. The first kappa shape index (κ1) is 58.6. The number of ether oxygens (including phenoxy) is 11. The highest BCUT2D eigenvalue weighted by Crippen LogP contribution is 2.44. The second-order valence-corrected chi connectivity index (χ2v) is 17.0. The number of unbranched alkanes of at least 4 members (excludes halogenated alkanes) is 15. The van der Waals surface area contributed by atoms with Gasteiger partial charge in [0.1, 0.15) is 6.61 Å². The van der Waals surface area contributed by atoms with Crippen LogP contribution < -0.4 is 5.32 Å². The molecule has 0 unspecified atom stereocenters. The number of amides is 1. The molecule has 67 heavy (non-hydrogen) atoms. The molecule has 3 rings (SSSR count). The number of hydrogen-bond donors (Lipinski definition) is 1. The summed E-state index contributed by atoms with van der Waals surface area (Å²) in [5, 5.41) is 2.81. The fraction of sp³-hybridized carbons (Fsp3) is 0.759. The second-order valence-electron chi connectivity index (χ2n) is 17.0. The molecule has 0 bridgehead atoms. The lowest BCUT2D eigenvalue weighted by molar-refractivity contribution is -0.0264. The molecule has 0 saturated heterocycles. The number of rotatable bonds is 50. The monoisotopic (exact) mass is 946 g/mol. The van der Waals surface area contributed by atoms with Crippen molar-refractivity contribution < 1.29 is 56.9 Å². The lowest BCUT2D eigenvalue weighted by Crippen LogP contribution is -2.27. The minimum Gasteiger partial charge on any atom is -0.449 e. The average Bonchev–Trinajstić information content (AvgIpc) is 3.67. The van der Waals surface area contributed by atoms with E-state index in [-0.39, 0.29) is 5.92 Å². The van der Waals surface area contributed by atoms with Gasteiger partial charge in [0, 0.05) is 25.7 Å². The Labute approximate surface area is 405 Å². The van der Waals surface area contributed by atoms with E-state index in [0.717, 1.165) is 13.0 Å². The molecule has 1 amide bonds. The summed E-state index contributed by atoms with van der Waals surface area (Å²) in [5.41, 5.74) is 4.82. The van der Waals surface area contributed by atoms with Crippen LogP contribution in [0.15, 0.2) is 48.5 Å². The fourth-order valence-electron chi connectivity index (χ4n) is 7.85. The summed E-state index contributed by atoms with van der Waals surface area (Å²) in [6, 6.07) is 16.6. The number of nitrogens with one attached hydrogen (secondary N) is 1. The van der Waals surface area contributed by atoms with Gasteiger partial charge in [-0.25, -0.2) is 4.79 Å². The van der Waals surface area contributed by atoms with Crippen LogP contribution in [0.4, 0.5) is 4.79 Å². The molecule has 0 heterocycles. The van der Waals surface area contributed by atoms with Gasteiger partial charge in [-0.05, 0) is 35.1 Å². The summed E-state index contributed by atoms with van der Waals surface area (Å²) in [4.78, 5) is 12.3. The third kappa shape index (κ3) is 31.9. The summed E-state index contributed by atoms with van der Waals surface area (Å²) in [6.07, 6.45) is 22.4. The molecule has 0 saturated carbocycles. The zero-order valence-electron chi connectivity index (χ0n) is 41.7. The first-order chi connectivity index (χ1) is 33.3. The van der Waals surface area contributed by atoms with Crippen LogP contribution in [0.5, 0.6) is 0 Å². The summed E-state index contributed by atoms with van der Waals surface area (Å²) in [6.45, 7) is 13.8. The zero-order valence-corrected chi connectivity index (χ0v) is 41.7. The highest BCUT2D eigenvalue weighted by atomic mass is 16.6. The Balaban J connectivity index is 0.895. The summed E-state index contributed by atoms with van der Waals surface area (Å²) < 4.78 is 61.3. The van der Waals surface area contributed by atoms with Crippen LogP contribution >= 0.6 is 0 Å². The van der Waals surface area contributed by atoms with Gasteiger partial charge in [0.2, 0.25) is 0 Å². The minimum absolute atomic E-state index is 0.0505. The molecule has 0 aromatic heterocycles. The van der Waals surface area contributed by atoms with E-state index in [4.69, 9.17) is 52.1 Å². The molecule has 2 aromatic rings. The van der Waals surface area contributed by atoms with Gasteiger partial charge in [-0.1, -0.05) is 152 Å². The SMILES string of the molecule is CCCCCCCCCCCCCCCCCCOCCOCCOCCOCCOCCOCCOCCOCCOCCOCCCNC(=O)OCC1c2ccccc2-c2ccccc21. The van der Waals surface area contributed by atoms with Gasteiger partial charge in [-0.15, -0.1) is 0 Å². The molecule has 0 aliphatic heterocycles. The van der Waals surface area contributed by atoms with Crippen LogP contribution in [0.2, 0.25) is 0 Å². The van der Waals surface area contributed by atoms with Crippen LogP contribution in [0.25, 0.3) is 11.1 Å². The molecule has 13 heteroatoms. The average molecular weight is 946 g/mol. The maximum atomic E-state index is 12.3. The van der Waals surface area contributed by atoms with Crippen molar-refractivity contribution in [2.45, 2.75) is 122 Å². The molecular weight excluding hydrogens is 855 g/mol. The van der Waals surface area contributed by atoms with Crippen LogP contribution in [0.1, 0.15) is 133 Å². The summed E-state index contributed by atoms with van der Waals surface area (Å²) >= 11 is 0. The zero-order chi connectivity index (χ0) is 47.2. The minimum atomic E-state index is -0.412. The largest absolute Gasteiger partial charge is 0.449 e. The van der Waals surface area contributed by atoms with Crippen LogP contribution in [0, 0.1) is 0 Å². The van der Waals surface area contributed by atoms with E-state index >= 15 is 0 Å². The van der Waals surface area contributed by atoms with E-state index < -0.39 is 6.09 Å². The number of carbonyl (C=O) groups excluding carboxylic acids is 1. The van der Waals surface area contributed by atoms with E-state index in [9.17, 15) is 4.79 Å². The predicted octanol–water partition coefficient (Wildman–Crippen LogP) is 10.3. The maximum Gasteiger partial charge on any atom is 0.407 e. The molecular formula is C54H91NO12. The first-order valence-corrected chi connectivity index (χ1v) is 26.2. The van der Waals surface area contributed by atoms with E-state index in [0.29, 0.717) is 145 Å². The van der Waals surface area contributed by atoms with Crippen molar-refractivity contribution >= 4 is 6.09 Å². The van der Waals surface area contributed by atoms with Gasteiger partial charge >= 0.3 is 6.09 Å². The number of alkyl carbamates (subject to hydrolysis) is 1. The molecule has 13 nitrogen and oxygen atoms in total. The molecule has 0 fully saturated rings. The van der Waals surface area contributed by atoms with Crippen molar-refractivity contribution in [3.8, 4) is 11.1 Å². The van der Waals surface area contributed by atoms with E-state index in [1.807, 2.05) is 24.3 Å². The Morgan fingerprint density at radius 1 is 0.373 bits per heavy atom. The quantitative estimate of drug-likeness (QED) is 0.0634. The maximum absolute atomic E-state index is 12.3. The molecule has 1 aliphatic carbocycles. The fourth-order valence-corrected chi connectivity index (χ4v) is 7.85. The molecule has 0 spiro atoms. The third-order valence-electron chi connectivity index (χ3n) is 11.6. The Bertz CT molecular complexity index is 1360. The van der Waals surface area contributed by atoms with Gasteiger partial charge in [-0.2, -0.15) is 0 Å². The Morgan fingerprint density at radius 3 is 1.00 bits per heavy atom. The van der Waals surface area contributed by atoms with E-state index in [1.54, 1.807) is 0 Å². The molecule has 1 aliphatic rings. The highest BCUT2D eigenvalue weighted by Gasteiger charge is 2.29. The summed E-state index contributed by atoms with van der Waals surface area (Å²) in [5.74, 6) is 0.0505. The molecule has 0 radical (unpaired) electrons. The van der Waals surface area contributed by atoms with Gasteiger partial charge in [0.25, 0.3) is 0 Å². The second kappa shape index (κ2) is 44.5. The van der Waals surface area contributed by atoms with Crippen molar-refractivity contribution in [1.82, 2.24) is 5.32 Å². The summed E-state index contributed by atoms with van der Waals surface area (Å²) in [7, 11) is 0. The third-order valence-corrected chi connectivity index (χ3v) is 11.6. The number of fused-ring (bicyclic) bond motifs is 3. The standard InChI is InChI=1S/C54H91NO12/c1-2-3-4-5-6-7-8-9-10-11-12-13-14-15-16-21-28-57-30-32-59-34-36-61-38-40-63-42-44-65-46-47-66-45-43-64-41-39-62-37-35-60-33-31-58-29-22-27-55-54(56)67-48-53-51-25-19-17-23-49(51)50-24-18-20-26-52(50)53/h17-20,23-26,53H,2-16,21-22,27-48H2,1H3,(H,55,56). The van der Waals surface area contributed by atoms with Gasteiger partial charge in [0.05, 0.1) is 119 Å². The van der Waals surface area contributed by atoms with Gasteiger partial charge in [-0.3, -0.25) is 0 Å². The van der Waals surface area contributed by atoms with Crippen molar-refractivity contribution in [3.63, 3.8) is 0 Å². The molecule has 2 aromatic carbocycles. The van der Waals surface area contributed by atoms with Crippen molar-refractivity contribution in [3.05, 3.63) is 59.7 Å². The molecule has 0 atom stereocenters. The number of benzene rings is 2. The molecule has 384 valence electrons. The topological polar surface area (TPSA) is 131 Å². The number of hydrogen-bond acceptors (Lipinski definition) is 12. The smallest absolute Gasteiger partial charge is 0.407 e. The van der Waals surface area contributed by atoms with Crippen LogP contribution in [0.3, 0.4) is 0 Å². The Hall–Kier alpha value is -2.69. The lowest BCUT2D eigenvalue weighted by atomic mass is 9.98. The van der Waals surface area contributed by atoms with E-state index in [1.165, 1.54) is 119 Å². The van der Waals surface area contributed by atoms with Crippen molar-refractivity contribution in [2.75, 3.05) is 145 Å².